The number of fused-ring (bicyclic) bond motifs is 1. The van der Waals surface area contributed by atoms with E-state index >= 15 is 0 Å². The van der Waals surface area contributed by atoms with Gasteiger partial charge < -0.3 is 5.32 Å². The van der Waals surface area contributed by atoms with Crippen LogP contribution in [0.25, 0.3) is 5.65 Å². The van der Waals surface area contributed by atoms with Crippen LogP contribution in [-0.2, 0) is 0 Å². The average Bonchev–Trinajstić information content (AvgIpc) is 2.92. The molecular weight excluding hydrogens is 331 g/mol. The topological polar surface area (TPSA) is 59.3 Å². The molecule has 7 heteroatoms. The van der Waals surface area contributed by atoms with Gasteiger partial charge in [-0.2, -0.15) is 5.10 Å². The van der Waals surface area contributed by atoms with E-state index in [0.717, 1.165) is 18.7 Å². The second-order valence-electron chi connectivity index (χ2n) is 5.87. The van der Waals surface area contributed by atoms with Gasteiger partial charge in [0.15, 0.2) is 11.5 Å². The molecule has 2 heterocycles. The fourth-order valence-electron chi connectivity index (χ4n) is 2.69. The van der Waals surface area contributed by atoms with Crippen molar-refractivity contribution in [2.24, 2.45) is 0 Å². The Morgan fingerprint density at radius 1 is 1.33 bits per heavy atom. The molecule has 1 aliphatic rings. The van der Waals surface area contributed by atoms with E-state index in [0.29, 0.717) is 17.3 Å². The monoisotopic (exact) mass is 344 g/mol. The van der Waals surface area contributed by atoms with E-state index in [1.165, 1.54) is 24.6 Å². The molecule has 3 aromatic rings. The number of halogens is 2. The minimum atomic E-state index is -0.557. The molecule has 0 atom stereocenters. The number of nitrogens with one attached hydrogen (secondary N) is 1. The molecule has 0 spiro atoms. The van der Waals surface area contributed by atoms with Crippen LogP contribution in [0.4, 0.5) is 10.1 Å². The first-order chi connectivity index (χ1) is 11.6. The number of rotatable bonds is 3. The van der Waals surface area contributed by atoms with Crippen LogP contribution < -0.4 is 5.32 Å². The molecule has 122 valence electrons. The third kappa shape index (κ3) is 2.63. The number of amides is 1. The Bertz CT molecular complexity index is 935. The van der Waals surface area contributed by atoms with Crippen molar-refractivity contribution >= 4 is 28.8 Å². The molecular formula is C17H14ClFN4O. The summed E-state index contributed by atoms with van der Waals surface area (Å²) in [5, 5.41) is 7.19. The summed E-state index contributed by atoms with van der Waals surface area (Å²) in [5.41, 5.74) is 1.43. The minimum Gasteiger partial charge on any atom is -0.319 e. The highest BCUT2D eigenvalue weighted by molar-refractivity contribution is 6.31. The van der Waals surface area contributed by atoms with E-state index in [4.69, 9.17) is 11.6 Å². The predicted molar refractivity (Wildman–Crippen MR) is 88.9 cm³/mol. The summed E-state index contributed by atoms with van der Waals surface area (Å²) < 4.78 is 14.9. The molecule has 5 nitrogen and oxygen atoms in total. The smallest absolute Gasteiger partial charge is 0.255 e. The maximum atomic E-state index is 13.2. The Balaban J connectivity index is 1.64. The zero-order valence-corrected chi connectivity index (χ0v) is 13.4. The molecule has 1 saturated carbocycles. The molecule has 1 fully saturated rings. The van der Waals surface area contributed by atoms with Crippen LogP contribution in [-0.4, -0.2) is 20.5 Å². The van der Waals surface area contributed by atoms with E-state index in [-0.39, 0.29) is 16.5 Å². The number of aromatic nitrogens is 3. The quantitative estimate of drug-likeness (QED) is 0.780. The number of benzene rings is 1. The molecule has 0 aliphatic heterocycles. The van der Waals surface area contributed by atoms with E-state index in [1.54, 1.807) is 22.8 Å². The first-order valence-electron chi connectivity index (χ1n) is 7.73. The number of carbonyl (C=O) groups is 1. The first kappa shape index (κ1) is 15.1. The second-order valence-corrected chi connectivity index (χ2v) is 6.28. The summed E-state index contributed by atoms with van der Waals surface area (Å²) in [6, 6.07) is 7.41. The lowest BCUT2D eigenvalue weighted by atomic mass is 9.85. The summed E-state index contributed by atoms with van der Waals surface area (Å²) in [5.74, 6) is 0.285. The van der Waals surface area contributed by atoms with Gasteiger partial charge in [-0.3, -0.25) is 4.79 Å². The number of anilines is 1. The van der Waals surface area contributed by atoms with Gasteiger partial charge in [-0.05, 0) is 43.2 Å². The van der Waals surface area contributed by atoms with Crippen LogP contribution in [0.15, 0.2) is 36.5 Å². The average molecular weight is 345 g/mol. The molecule has 4 rings (SSSR count). The third-order valence-corrected chi connectivity index (χ3v) is 4.57. The zero-order valence-electron chi connectivity index (χ0n) is 12.7. The van der Waals surface area contributed by atoms with Crippen molar-refractivity contribution in [3.05, 3.63) is 58.8 Å². The van der Waals surface area contributed by atoms with Crippen molar-refractivity contribution in [1.82, 2.24) is 14.6 Å². The SMILES string of the molecule is O=C(Nc1cccn2nc(C3CCC3)nc12)c1ccc(F)c(Cl)c1. The van der Waals surface area contributed by atoms with E-state index in [1.807, 2.05) is 0 Å². The lowest BCUT2D eigenvalue weighted by molar-refractivity contribution is 0.102. The van der Waals surface area contributed by atoms with Crippen molar-refractivity contribution in [1.29, 1.82) is 0 Å². The normalized spacial score (nSPS) is 14.6. The molecule has 1 N–H and O–H groups in total. The second kappa shape index (κ2) is 5.87. The summed E-state index contributed by atoms with van der Waals surface area (Å²) in [6.07, 6.45) is 5.21. The summed E-state index contributed by atoms with van der Waals surface area (Å²) in [4.78, 5) is 16.9. The zero-order chi connectivity index (χ0) is 16.7. The third-order valence-electron chi connectivity index (χ3n) is 4.28. The van der Waals surface area contributed by atoms with Crippen LogP contribution in [0.1, 0.15) is 41.4 Å². The van der Waals surface area contributed by atoms with Crippen molar-refractivity contribution in [2.75, 3.05) is 5.32 Å². The molecule has 1 aliphatic carbocycles. The highest BCUT2D eigenvalue weighted by Gasteiger charge is 2.24. The highest BCUT2D eigenvalue weighted by Crippen LogP contribution is 2.35. The fourth-order valence-corrected chi connectivity index (χ4v) is 2.87. The van der Waals surface area contributed by atoms with Gasteiger partial charge in [0.1, 0.15) is 5.82 Å². The van der Waals surface area contributed by atoms with E-state index in [9.17, 15) is 9.18 Å². The summed E-state index contributed by atoms with van der Waals surface area (Å²) in [7, 11) is 0. The van der Waals surface area contributed by atoms with E-state index < -0.39 is 5.82 Å². The van der Waals surface area contributed by atoms with Gasteiger partial charge in [0.2, 0.25) is 0 Å². The Kier molecular flexibility index (Phi) is 3.69. The molecule has 0 bridgehead atoms. The van der Waals surface area contributed by atoms with Gasteiger partial charge in [0.25, 0.3) is 5.91 Å². The number of hydrogen-bond acceptors (Lipinski definition) is 3. The Hall–Kier alpha value is -2.47. The minimum absolute atomic E-state index is 0.0874. The van der Waals surface area contributed by atoms with Crippen LogP contribution in [0, 0.1) is 5.82 Å². The van der Waals surface area contributed by atoms with Crippen LogP contribution in [0.2, 0.25) is 5.02 Å². The molecule has 0 unspecified atom stereocenters. The maximum Gasteiger partial charge on any atom is 0.255 e. The molecule has 2 aromatic heterocycles. The van der Waals surface area contributed by atoms with Gasteiger partial charge in [-0.15, -0.1) is 0 Å². The van der Waals surface area contributed by atoms with Crippen molar-refractivity contribution in [2.45, 2.75) is 25.2 Å². The van der Waals surface area contributed by atoms with Crippen molar-refractivity contribution < 1.29 is 9.18 Å². The molecule has 24 heavy (non-hydrogen) atoms. The summed E-state index contributed by atoms with van der Waals surface area (Å²) in [6.45, 7) is 0. The fraction of sp³-hybridized carbons (Fsp3) is 0.235. The Morgan fingerprint density at radius 3 is 2.88 bits per heavy atom. The largest absolute Gasteiger partial charge is 0.319 e. The van der Waals surface area contributed by atoms with Crippen molar-refractivity contribution in [3.8, 4) is 0 Å². The maximum absolute atomic E-state index is 13.2. The number of pyridine rings is 1. The Morgan fingerprint density at radius 2 is 2.17 bits per heavy atom. The van der Waals surface area contributed by atoms with E-state index in [2.05, 4.69) is 15.4 Å². The van der Waals surface area contributed by atoms with Crippen molar-refractivity contribution in [3.63, 3.8) is 0 Å². The standard InChI is InChI=1S/C17H14ClFN4O/c18-12-9-11(6-7-13(12)19)17(24)20-14-5-2-8-23-16(14)21-15(22-23)10-3-1-4-10/h2,5-10H,1,3-4H2,(H,20,24). The van der Waals surface area contributed by atoms with Gasteiger partial charge >= 0.3 is 0 Å². The lowest BCUT2D eigenvalue weighted by Gasteiger charge is -2.21. The van der Waals surface area contributed by atoms with Crippen LogP contribution in [0.5, 0.6) is 0 Å². The molecule has 1 aromatic carbocycles. The molecule has 1 amide bonds. The first-order valence-corrected chi connectivity index (χ1v) is 8.11. The highest BCUT2D eigenvalue weighted by atomic mass is 35.5. The molecule has 0 saturated heterocycles. The van der Waals surface area contributed by atoms with Gasteiger partial charge in [0.05, 0.1) is 10.7 Å². The number of nitrogens with zero attached hydrogens (tertiary/aromatic N) is 3. The van der Waals surface area contributed by atoms with Gasteiger partial charge in [-0.1, -0.05) is 18.0 Å². The lowest BCUT2D eigenvalue weighted by Crippen LogP contribution is -2.13. The number of carbonyl (C=O) groups excluding carboxylic acids is 1. The van der Waals surface area contributed by atoms with Crippen LogP contribution in [0.3, 0.4) is 0 Å². The van der Waals surface area contributed by atoms with Gasteiger partial charge in [0, 0.05) is 17.7 Å². The number of hydrogen-bond donors (Lipinski definition) is 1. The molecule has 0 radical (unpaired) electrons. The predicted octanol–water partition coefficient (Wildman–Crippen LogP) is 4.04. The van der Waals surface area contributed by atoms with Gasteiger partial charge in [-0.25, -0.2) is 13.9 Å². The Labute approximate surface area is 142 Å². The summed E-state index contributed by atoms with van der Waals surface area (Å²) >= 11 is 5.74. The van der Waals surface area contributed by atoms with Crippen LogP contribution >= 0.6 is 11.6 Å².